The van der Waals surface area contributed by atoms with Gasteiger partial charge in [-0.15, -0.1) is 0 Å². The minimum absolute atomic E-state index is 0.0954. The lowest BCUT2D eigenvalue weighted by molar-refractivity contribution is -0.153. The van der Waals surface area contributed by atoms with Crippen LogP contribution in [0.2, 0.25) is 0 Å². The van der Waals surface area contributed by atoms with Crippen LogP contribution in [0.25, 0.3) is 0 Å². The van der Waals surface area contributed by atoms with Crippen LogP contribution < -0.4 is 21.6 Å². The van der Waals surface area contributed by atoms with Crippen LogP contribution in [0.1, 0.15) is 188 Å². The van der Waals surface area contributed by atoms with Crippen LogP contribution >= 0.6 is 0 Å². The number of aliphatic hydroxyl groups is 2. The van der Waals surface area contributed by atoms with Gasteiger partial charge in [0.25, 0.3) is 23.6 Å². The number of benzene rings is 2. The molecule has 0 heterocycles. The predicted molar refractivity (Wildman–Crippen MR) is 286 cm³/mol. The minimum atomic E-state index is -1.30. The highest BCUT2D eigenvalue weighted by atomic mass is 16.6. The van der Waals surface area contributed by atoms with E-state index in [0.717, 1.165) is 31.4 Å². The molecule has 2 aromatic rings. The van der Waals surface area contributed by atoms with Gasteiger partial charge in [0.15, 0.2) is 0 Å². The lowest BCUT2D eigenvalue weighted by Gasteiger charge is -2.28. The smallest absolute Gasteiger partial charge is 0.306 e. The van der Waals surface area contributed by atoms with E-state index in [0.29, 0.717) is 29.1 Å². The highest BCUT2D eigenvalue weighted by Gasteiger charge is 2.24. The molecule has 0 aliphatic carbocycles. The average molecular weight is 1060 g/mol. The summed E-state index contributed by atoms with van der Waals surface area (Å²) in [7, 11) is 0. The van der Waals surface area contributed by atoms with Gasteiger partial charge >= 0.3 is 23.9 Å². The van der Waals surface area contributed by atoms with E-state index >= 15 is 0 Å². The number of nitrogens with one attached hydrogen (secondary N) is 4. The molecular weight excluding hydrogens is 985 g/mol. The molecule has 2 unspecified atom stereocenters. The van der Waals surface area contributed by atoms with Gasteiger partial charge in [-0.2, -0.15) is 15.3 Å². The van der Waals surface area contributed by atoms with Crippen LogP contribution in [0, 0.1) is 0 Å². The number of aliphatic imine (C=N–C) groups is 1. The first-order valence-electron chi connectivity index (χ1n) is 25.5. The summed E-state index contributed by atoms with van der Waals surface area (Å²) in [4.78, 5) is 105. The molecule has 0 radical (unpaired) electrons. The van der Waals surface area contributed by atoms with Crippen molar-refractivity contribution < 1.29 is 67.5 Å². The summed E-state index contributed by atoms with van der Waals surface area (Å²) in [5.41, 5.74) is 9.41. The normalized spacial score (nSPS) is 13.2. The number of hydrazone groups is 3. The van der Waals surface area contributed by atoms with Gasteiger partial charge in [-0.25, -0.2) is 16.3 Å². The second kappa shape index (κ2) is 33.7. The highest BCUT2D eigenvalue weighted by Crippen LogP contribution is 2.20. The fourth-order valence-corrected chi connectivity index (χ4v) is 6.37. The first kappa shape index (κ1) is 64.9. The van der Waals surface area contributed by atoms with Crippen molar-refractivity contribution in [3.05, 3.63) is 70.8 Å². The molecule has 2 atom stereocenters. The number of nitrogens with zero attached hydrogens (tertiary/aromatic N) is 4. The predicted octanol–water partition coefficient (Wildman–Crippen LogP) is 6.07. The molecule has 0 fully saturated rings. The summed E-state index contributed by atoms with van der Waals surface area (Å²) in [6, 6.07) is 12.0. The molecule has 0 aliphatic rings. The number of amides is 4. The van der Waals surface area contributed by atoms with E-state index in [1.807, 2.05) is 27.7 Å². The first-order chi connectivity index (χ1) is 35.9. The van der Waals surface area contributed by atoms with Crippen molar-refractivity contribution >= 4 is 70.4 Å². The highest BCUT2D eigenvalue weighted by molar-refractivity contribution is 6.01. The molecule has 22 nitrogen and oxygen atoms in total. The van der Waals surface area contributed by atoms with Crippen molar-refractivity contribution in [3.8, 4) is 0 Å². The third-order valence-electron chi connectivity index (χ3n) is 12.3. The summed E-state index contributed by atoms with van der Waals surface area (Å²) in [5, 5.41) is 35.4. The van der Waals surface area contributed by atoms with Gasteiger partial charge in [0.05, 0.1) is 31.2 Å². The number of hydrogen-bond acceptors (Lipinski definition) is 18. The number of esters is 4. The quantitative estimate of drug-likeness (QED) is 0.0205. The molecule has 22 heteroatoms. The Morgan fingerprint density at radius 1 is 0.461 bits per heavy atom. The number of aliphatic hydroxyl groups excluding tert-OH is 2. The van der Waals surface area contributed by atoms with Crippen molar-refractivity contribution in [2.24, 2.45) is 20.3 Å². The Bertz CT molecular complexity index is 2430. The second-order valence-electron chi connectivity index (χ2n) is 18.8. The lowest BCUT2D eigenvalue weighted by Crippen LogP contribution is -2.45. The van der Waals surface area contributed by atoms with Gasteiger partial charge in [0.1, 0.15) is 38.6 Å². The number of ether oxygens (including phenoxy) is 4. The zero-order valence-electron chi connectivity index (χ0n) is 45.7. The molecule has 418 valence electrons. The van der Waals surface area contributed by atoms with Gasteiger partial charge in [-0.05, 0) is 129 Å². The van der Waals surface area contributed by atoms with Crippen molar-refractivity contribution in [3.63, 3.8) is 0 Å². The van der Waals surface area contributed by atoms with Crippen LogP contribution in [0.15, 0.2) is 68.8 Å². The Labute approximate surface area is 445 Å². The van der Waals surface area contributed by atoms with E-state index in [2.05, 4.69) is 57.7 Å². The fourth-order valence-electron chi connectivity index (χ4n) is 6.37. The maximum atomic E-state index is 12.8. The fraction of sp³-hybridized carbons (Fsp3) is 0.556. The third kappa shape index (κ3) is 25.8. The zero-order chi connectivity index (χ0) is 56.8. The minimum Gasteiger partial charge on any atom is -0.463 e. The summed E-state index contributed by atoms with van der Waals surface area (Å²) in [5.74, 6) is -4.56. The lowest BCUT2D eigenvalue weighted by atomic mass is 9.95. The van der Waals surface area contributed by atoms with E-state index in [9.17, 15) is 48.6 Å². The van der Waals surface area contributed by atoms with Crippen LogP contribution in [0.5, 0.6) is 0 Å². The first-order valence-corrected chi connectivity index (χ1v) is 25.5. The molecule has 2 rings (SSSR count). The van der Waals surface area contributed by atoms with Gasteiger partial charge in [0.2, 0.25) is 0 Å². The van der Waals surface area contributed by atoms with Gasteiger partial charge < -0.3 is 34.5 Å². The number of hydrogen-bond donors (Lipinski definition) is 6. The largest absolute Gasteiger partial charge is 0.463 e. The van der Waals surface area contributed by atoms with E-state index < -0.39 is 67.0 Å². The standard InChI is InChI=1S/C54H78N8O14/c1-11-53(9,12-2)55-35(5)21-25-45(65)73-31-43(63)32-74-46(66)27-23-37(7)58-61-51(71)41-19-16-20-42(30-41)52(72)62-59-38(8)24-28-48(68)76-34-44(64)33-75-47(67)26-22-36(6)57-60-50(70)40-18-15-17-39(29-40)49(69)56-54(10,13-3)14-4/h15-20,29-30,43-44,63-64H,11-14,21-28,31-34H2,1-10H3,(H,56,69)(H,60,70)(H,61,71)(H,62,72). The maximum Gasteiger partial charge on any atom is 0.306 e. The monoisotopic (exact) mass is 1060 g/mol. The number of carbonyl (C=O) groups is 8. The van der Waals surface area contributed by atoms with Crippen molar-refractivity contribution in [1.29, 1.82) is 0 Å². The van der Waals surface area contributed by atoms with Crippen LogP contribution in [0.4, 0.5) is 0 Å². The molecule has 0 spiro atoms. The summed E-state index contributed by atoms with van der Waals surface area (Å²) >= 11 is 0. The number of carbonyl (C=O) groups excluding carboxylic acids is 8. The Morgan fingerprint density at radius 2 is 0.750 bits per heavy atom. The molecule has 76 heavy (non-hydrogen) atoms. The van der Waals surface area contributed by atoms with Gasteiger partial charge in [-0.3, -0.25) is 43.3 Å². The molecule has 0 saturated heterocycles. The van der Waals surface area contributed by atoms with Crippen molar-refractivity contribution in [1.82, 2.24) is 21.6 Å². The summed E-state index contributed by atoms with van der Waals surface area (Å²) in [6.45, 7) is 17.2. The zero-order valence-corrected chi connectivity index (χ0v) is 45.7. The molecular formula is C54H78N8O14. The van der Waals surface area contributed by atoms with Crippen LogP contribution in [-0.2, 0) is 38.1 Å². The molecule has 6 N–H and O–H groups in total. The molecule has 2 aromatic carbocycles. The Balaban J connectivity index is 1.67. The van der Waals surface area contributed by atoms with Crippen LogP contribution in [0.3, 0.4) is 0 Å². The van der Waals surface area contributed by atoms with Crippen LogP contribution in [-0.4, -0.2) is 130 Å². The maximum absolute atomic E-state index is 12.8. The number of rotatable bonds is 33. The molecule has 0 saturated carbocycles. The summed E-state index contributed by atoms with van der Waals surface area (Å²) < 4.78 is 20.3. The molecule has 0 aliphatic heterocycles. The van der Waals surface area contributed by atoms with Gasteiger partial charge in [0, 0.05) is 50.6 Å². The van der Waals surface area contributed by atoms with Crippen molar-refractivity contribution in [2.45, 2.75) is 170 Å². The summed E-state index contributed by atoms with van der Waals surface area (Å²) in [6.07, 6.45) is 1.30. The van der Waals surface area contributed by atoms with E-state index in [1.54, 1.807) is 39.0 Å². The van der Waals surface area contributed by atoms with E-state index in [1.165, 1.54) is 30.3 Å². The Morgan fingerprint density at radius 3 is 1.04 bits per heavy atom. The third-order valence-corrected chi connectivity index (χ3v) is 12.3. The molecule has 0 bridgehead atoms. The molecule has 0 aromatic heterocycles. The second-order valence-corrected chi connectivity index (χ2v) is 18.8. The Kier molecular flexibility index (Phi) is 28.8. The molecule has 4 amide bonds. The average Bonchev–Trinajstić information content (AvgIpc) is 3.42. The topological polar surface area (TPSA) is 311 Å². The van der Waals surface area contributed by atoms with Crippen molar-refractivity contribution in [2.75, 3.05) is 26.4 Å². The van der Waals surface area contributed by atoms with Gasteiger partial charge in [-0.1, -0.05) is 39.8 Å². The Hall–Kier alpha value is -7.20. The SMILES string of the molecule is CCC(C)(CC)N=C(C)CCC(=O)OCC(O)COC(=O)CCC(C)=NNC(=O)c1cccc(C(=O)NN=C(C)CCC(=O)OCC(O)COC(=O)CCC(C)=NNC(=O)c2cccc(C(=O)NC(C)(CC)CC)c2)c1. The van der Waals surface area contributed by atoms with E-state index in [-0.39, 0.29) is 91.8 Å². The van der Waals surface area contributed by atoms with E-state index in [4.69, 9.17) is 23.9 Å².